The van der Waals surface area contributed by atoms with Crippen LogP contribution in [-0.4, -0.2) is 76.9 Å². The standard InChI is InChI=1S/C8H18N2O5/c11-3-1-10(2-4-12)8(6-13,7-14)5-9-15/h11-14H,1-7H2. The summed E-state index contributed by atoms with van der Waals surface area (Å²) in [4.78, 5) is 11.7. The van der Waals surface area contributed by atoms with Gasteiger partial charge in [-0.05, 0) is 0 Å². The van der Waals surface area contributed by atoms with E-state index in [1.165, 1.54) is 4.90 Å². The summed E-state index contributed by atoms with van der Waals surface area (Å²) in [6, 6.07) is 0. The third kappa shape index (κ3) is 3.80. The van der Waals surface area contributed by atoms with Gasteiger partial charge in [0.15, 0.2) is 0 Å². The van der Waals surface area contributed by atoms with E-state index < -0.39 is 18.8 Å². The summed E-state index contributed by atoms with van der Waals surface area (Å²) in [7, 11) is 0. The second-order valence-electron chi connectivity index (χ2n) is 3.26. The van der Waals surface area contributed by atoms with Crippen molar-refractivity contribution in [2.24, 2.45) is 5.18 Å². The number of hydrogen-bond donors (Lipinski definition) is 4. The van der Waals surface area contributed by atoms with Crippen molar-refractivity contribution in [2.45, 2.75) is 5.54 Å². The molecule has 0 fully saturated rings. The van der Waals surface area contributed by atoms with Gasteiger partial charge in [-0.2, -0.15) is 4.91 Å². The summed E-state index contributed by atoms with van der Waals surface area (Å²) in [6.07, 6.45) is 0. The molecule has 0 unspecified atom stereocenters. The molecule has 0 radical (unpaired) electrons. The van der Waals surface area contributed by atoms with Gasteiger partial charge in [-0.1, -0.05) is 5.18 Å². The molecule has 0 spiro atoms. The molecule has 0 bridgehead atoms. The number of nitroso groups, excluding NO2 is 1. The fourth-order valence-corrected chi connectivity index (χ4v) is 1.40. The van der Waals surface area contributed by atoms with Gasteiger partial charge in [-0.3, -0.25) is 4.90 Å². The molecule has 0 aliphatic heterocycles. The molecule has 0 amide bonds. The molecular weight excluding hydrogens is 204 g/mol. The molecule has 90 valence electrons. The van der Waals surface area contributed by atoms with Crippen LogP contribution in [0.25, 0.3) is 0 Å². The first-order valence-corrected chi connectivity index (χ1v) is 4.68. The average Bonchev–Trinajstić information content (AvgIpc) is 2.26. The Kier molecular flexibility index (Phi) is 7.35. The van der Waals surface area contributed by atoms with Crippen molar-refractivity contribution >= 4 is 0 Å². The highest BCUT2D eigenvalue weighted by Gasteiger charge is 2.35. The second kappa shape index (κ2) is 7.66. The van der Waals surface area contributed by atoms with Crippen LogP contribution in [0.5, 0.6) is 0 Å². The van der Waals surface area contributed by atoms with Crippen molar-refractivity contribution < 1.29 is 20.4 Å². The predicted octanol–water partition coefficient (Wildman–Crippen LogP) is -2.24. The molecule has 4 N–H and O–H groups in total. The van der Waals surface area contributed by atoms with Crippen molar-refractivity contribution in [3.63, 3.8) is 0 Å². The Labute approximate surface area is 87.9 Å². The summed E-state index contributed by atoms with van der Waals surface area (Å²) in [5.41, 5.74) is -1.20. The van der Waals surface area contributed by atoms with Crippen LogP contribution in [0, 0.1) is 4.91 Å². The molecule has 0 aromatic carbocycles. The molecule has 0 heterocycles. The minimum atomic E-state index is -1.20. The van der Waals surface area contributed by atoms with E-state index in [0.717, 1.165) is 0 Å². The summed E-state index contributed by atoms with van der Waals surface area (Å²) in [5, 5.41) is 38.6. The van der Waals surface area contributed by atoms with Gasteiger partial charge in [0, 0.05) is 13.1 Å². The monoisotopic (exact) mass is 222 g/mol. The Morgan fingerprint density at radius 1 is 1.00 bits per heavy atom. The Morgan fingerprint density at radius 3 is 1.73 bits per heavy atom. The van der Waals surface area contributed by atoms with Crippen molar-refractivity contribution in [1.82, 2.24) is 4.90 Å². The maximum atomic E-state index is 10.2. The van der Waals surface area contributed by atoms with E-state index in [1.54, 1.807) is 0 Å². The van der Waals surface area contributed by atoms with Crippen LogP contribution in [0.4, 0.5) is 0 Å². The van der Waals surface area contributed by atoms with E-state index in [2.05, 4.69) is 5.18 Å². The third-order valence-corrected chi connectivity index (χ3v) is 2.36. The molecule has 7 heteroatoms. The van der Waals surface area contributed by atoms with Gasteiger partial charge in [0.1, 0.15) is 6.54 Å². The Bertz CT molecular complexity index is 168. The lowest BCUT2D eigenvalue weighted by atomic mass is 9.99. The molecule has 0 aliphatic carbocycles. The minimum Gasteiger partial charge on any atom is -0.395 e. The molecule has 0 saturated carbocycles. The average molecular weight is 222 g/mol. The van der Waals surface area contributed by atoms with Crippen LogP contribution in [-0.2, 0) is 0 Å². The molecule has 0 aliphatic rings. The van der Waals surface area contributed by atoms with Crippen molar-refractivity contribution in [1.29, 1.82) is 0 Å². The Morgan fingerprint density at radius 2 is 1.47 bits per heavy atom. The smallest absolute Gasteiger partial charge is 0.104 e. The SMILES string of the molecule is O=NCC(CO)(CO)N(CCO)CCO. The molecule has 15 heavy (non-hydrogen) atoms. The summed E-state index contributed by atoms with van der Waals surface area (Å²) in [5.74, 6) is 0. The van der Waals surface area contributed by atoms with E-state index >= 15 is 0 Å². The Hall–Kier alpha value is -0.600. The lowest BCUT2D eigenvalue weighted by molar-refractivity contribution is -0.0219. The van der Waals surface area contributed by atoms with Gasteiger partial charge in [0.25, 0.3) is 0 Å². The molecular formula is C8H18N2O5. The van der Waals surface area contributed by atoms with Crippen molar-refractivity contribution in [2.75, 3.05) is 46.1 Å². The van der Waals surface area contributed by atoms with E-state index in [1.807, 2.05) is 0 Å². The van der Waals surface area contributed by atoms with Gasteiger partial charge < -0.3 is 20.4 Å². The topological polar surface area (TPSA) is 114 Å². The van der Waals surface area contributed by atoms with Crippen molar-refractivity contribution in [3.05, 3.63) is 4.91 Å². The van der Waals surface area contributed by atoms with Crippen LogP contribution < -0.4 is 0 Å². The molecule has 7 nitrogen and oxygen atoms in total. The lowest BCUT2D eigenvalue weighted by Crippen LogP contribution is -2.58. The first-order valence-electron chi connectivity index (χ1n) is 4.68. The van der Waals surface area contributed by atoms with E-state index in [-0.39, 0.29) is 32.8 Å². The largest absolute Gasteiger partial charge is 0.395 e. The number of nitrogens with zero attached hydrogens (tertiary/aromatic N) is 2. The summed E-state index contributed by atoms with van der Waals surface area (Å²) < 4.78 is 0. The van der Waals surface area contributed by atoms with Crippen LogP contribution in [0.2, 0.25) is 0 Å². The van der Waals surface area contributed by atoms with Gasteiger partial charge in [0.05, 0.1) is 32.0 Å². The zero-order valence-electron chi connectivity index (χ0n) is 8.54. The lowest BCUT2D eigenvalue weighted by Gasteiger charge is -2.39. The molecule has 0 saturated heterocycles. The summed E-state index contributed by atoms with van der Waals surface area (Å²) >= 11 is 0. The molecule has 0 rings (SSSR count). The van der Waals surface area contributed by atoms with Crippen LogP contribution in [0.15, 0.2) is 5.18 Å². The predicted molar refractivity (Wildman–Crippen MR) is 53.3 cm³/mol. The van der Waals surface area contributed by atoms with E-state index in [0.29, 0.717) is 0 Å². The highest BCUT2D eigenvalue weighted by atomic mass is 16.3. The fraction of sp³-hybridized carbons (Fsp3) is 1.00. The number of hydrogen-bond acceptors (Lipinski definition) is 7. The minimum absolute atomic E-state index is 0.150. The second-order valence-corrected chi connectivity index (χ2v) is 3.26. The van der Waals surface area contributed by atoms with Gasteiger partial charge in [-0.25, -0.2) is 0 Å². The first-order chi connectivity index (χ1) is 7.20. The Balaban J connectivity index is 4.69. The van der Waals surface area contributed by atoms with Crippen LogP contribution in [0.3, 0.4) is 0 Å². The number of aliphatic hydroxyl groups is 4. The number of aliphatic hydroxyl groups excluding tert-OH is 4. The maximum absolute atomic E-state index is 10.2. The highest BCUT2D eigenvalue weighted by Crippen LogP contribution is 2.14. The van der Waals surface area contributed by atoms with Gasteiger partial charge >= 0.3 is 0 Å². The quantitative estimate of drug-likeness (QED) is 0.328. The number of rotatable bonds is 9. The summed E-state index contributed by atoms with van der Waals surface area (Å²) in [6.45, 7) is -1.31. The fourth-order valence-electron chi connectivity index (χ4n) is 1.40. The van der Waals surface area contributed by atoms with E-state index in [4.69, 9.17) is 20.4 Å². The third-order valence-electron chi connectivity index (χ3n) is 2.36. The molecule has 0 atom stereocenters. The zero-order chi connectivity index (χ0) is 11.7. The van der Waals surface area contributed by atoms with E-state index in [9.17, 15) is 4.91 Å². The highest BCUT2D eigenvalue weighted by molar-refractivity contribution is 4.92. The normalized spacial score (nSPS) is 12.1. The van der Waals surface area contributed by atoms with Gasteiger partial charge in [0.2, 0.25) is 0 Å². The molecule has 0 aromatic heterocycles. The van der Waals surface area contributed by atoms with Gasteiger partial charge in [-0.15, -0.1) is 0 Å². The first kappa shape index (κ1) is 14.4. The zero-order valence-corrected chi connectivity index (χ0v) is 8.54. The maximum Gasteiger partial charge on any atom is 0.104 e. The van der Waals surface area contributed by atoms with Crippen LogP contribution in [0.1, 0.15) is 0 Å². The van der Waals surface area contributed by atoms with Crippen molar-refractivity contribution in [3.8, 4) is 0 Å². The molecule has 0 aromatic rings. The number of β-amino-alcohol motifs (C(OH)–C–C–N with tert-alkyl or cyclic N) is 2. The van der Waals surface area contributed by atoms with Crippen LogP contribution >= 0.6 is 0 Å².